The second kappa shape index (κ2) is 7.23. The highest BCUT2D eigenvalue weighted by Crippen LogP contribution is 2.16. The normalized spacial score (nSPS) is 11.6. The lowest BCUT2D eigenvalue weighted by molar-refractivity contribution is -0.134. The van der Waals surface area contributed by atoms with Crippen LogP contribution in [0, 0.1) is 12.3 Å². The lowest BCUT2D eigenvalue weighted by Gasteiger charge is -2.07. The Morgan fingerprint density at radius 1 is 1.53 bits per heavy atom. The minimum atomic E-state index is -0.752. The second-order valence-corrected chi connectivity index (χ2v) is 4.43. The summed E-state index contributed by atoms with van der Waals surface area (Å²) in [5.41, 5.74) is 6.49. The van der Waals surface area contributed by atoms with Crippen molar-refractivity contribution in [2.45, 2.75) is 18.2 Å². The zero-order valence-corrected chi connectivity index (χ0v) is 10.6. The van der Waals surface area contributed by atoms with Crippen molar-refractivity contribution in [3.8, 4) is 12.3 Å². The quantitative estimate of drug-likeness (QED) is 0.659. The molecule has 1 atom stereocenters. The third-order valence-electron chi connectivity index (χ3n) is 1.92. The summed E-state index contributed by atoms with van der Waals surface area (Å²) in [5.74, 6) is 2.36. The highest BCUT2D eigenvalue weighted by molar-refractivity contribution is 7.94. The maximum Gasteiger partial charge on any atom is 0.335 e. The van der Waals surface area contributed by atoms with Crippen LogP contribution in [-0.4, -0.2) is 12.0 Å². The van der Waals surface area contributed by atoms with E-state index < -0.39 is 12.0 Å². The molecule has 0 bridgehead atoms. The van der Waals surface area contributed by atoms with Gasteiger partial charge in [0.15, 0.2) is 0 Å². The van der Waals surface area contributed by atoms with E-state index in [1.54, 1.807) is 12.1 Å². The Bertz CT molecular complexity index is 414. The monoisotopic (exact) mass is 269 g/mol. The van der Waals surface area contributed by atoms with Crippen molar-refractivity contribution >= 4 is 29.6 Å². The SMILES string of the molecule is C#CC[C@H](N)C(=O)OSCc1ccc(Cl)cc1. The Hall–Kier alpha value is -1.15. The molecule has 0 saturated carbocycles. The van der Waals surface area contributed by atoms with Crippen LogP contribution in [-0.2, 0) is 14.7 Å². The summed E-state index contributed by atoms with van der Waals surface area (Å²) in [6.45, 7) is 0. The van der Waals surface area contributed by atoms with Gasteiger partial charge in [0.2, 0.25) is 0 Å². The zero-order valence-electron chi connectivity index (χ0n) is 9.06. The van der Waals surface area contributed by atoms with Gasteiger partial charge in [-0.3, -0.25) is 0 Å². The molecule has 0 aliphatic carbocycles. The van der Waals surface area contributed by atoms with Crippen LogP contribution in [0.2, 0.25) is 5.02 Å². The van der Waals surface area contributed by atoms with E-state index in [4.69, 9.17) is 27.9 Å². The fourth-order valence-corrected chi connectivity index (χ4v) is 1.76. The second-order valence-electron chi connectivity index (χ2n) is 3.31. The minimum absolute atomic E-state index is 0.181. The Kier molecular flexibility index (Phi) is 5.92. The van der Waals surface area contributed by atoms with E-state index in [1.165, 1.54) is 0 Å². The molecule has 0 amide bonds. The molecule has 0 heterocycles. The molecule has 0 saturated heterocycles. The first kappa shape index (κ1) is 13.9. The molecule has 0 aromatic heterocycles. The molecule has 2 N–H and O–H groups in total. The Morgan fingerprint density at radius 2 is 2.18 bits per heavy atom. The van der Waals surface area contributed by atoms with Gasteiger partial charge in [0.1, 0.15) is 6.04 Å². The number of halogens is 1. The van der Waals surface area contributed by atoms with Crippen LogP contribution < -0.4 is 5.73 Å². The van der Waals surface area contributed by atoms with E-state index in [0.29, 0.717) is 10.8 Å². The average Bonchev–Trinajstić information content (AvgIpc) is 2.32. The summed E-state index contributed by atoms with van der Waals surface area (Å²) in [7, 11) is 0. The molecule has 1 aromatic carbocycles. The van der Waals surface area contributed by atoms with Gasteiger partial charge in [-0.2, -0.15) is 0 Å². The first-order valence-electron chi connectivity index (χ1n) is 4.90. The fourth-order valence-electron chi connectivity index (χ4n) is 1.01. The average molecular weight is 270 g/mol. The Balaban J connectivity index is 2.31. The number of carbonyl (C=O) groups excluding carboxylic acids is 1. The van der Waals surface area contributed by atoms with Gasteiger partial charge in [-0.25, -0.2) is 4.79 Å². The third-order valence-corrected chi connectivity index (χ3v) is 2.91. The maximum atomic E-state index is 11.3. The number of carbonyl (C=O) groups is 1. The van der Waals surface area contributed by atoms with Crippen molar-refractivity contribution in [3.05, 3.63) is 34.9 Å². The molecule has 5 heteroatoms. The molecule has 1 aromatic rings. The molecule has 0 unspecified atom stereocenters. The van der Waals surface area contributed by atoms with Crippen LogP contribution in [0.5, 0.6) is 0 Å². The van der Waals surface area contributed by atoms with Gasteiger partial charge >= 0.3 is 5.97 Å². The van der Waals surface area contributed by atoms with E-state index in [-0.39, 0.29) is 6.42 Å². The number of benzene rings is 1. The van der Waals surface area contributed by atoms with E-state index in [2.05, 4.69) is 5.92 Å². The van der Waals surface area contributed by atoms with E-state index in [1.807, 2.05) is 12.1 Å². The smallest absolute Gasteiger partial charge is 0.335 e. The van der Waals surface area contributed by atoms with Crippen molar-refractivity contribution < 1.29 is 8.98 Å². The van der Waals surface area contributed by atoms with Crippen LogP contribution >= 0.6 is 23.6 Å². The van der Waals surface area contributed by atoms with Gasteiger partial charge in [-0.1, -0.05) is 23.7 Å². The van der Waals surface area contributed by atoms with Crippen molar-refractivity contribution in [1.29, 1.82) is 0 Å². The number of hydrogen-bond acceptors (Lipinski definition) is 4. The Labute approximate surface area is 110 Å². The van der Waals surface area contributed by atoms with Crippen LogP contribution in [0.3, 0.4) is 0 Å². The first-order valence-corrected chi connectivity index (χ1v) is 6.19. The number of terminal acetylenes is 1. The molecular weight excluding hydrogens is 258 g/mol. The zero-order chi connectivity index (χ0) is 12.7. The standard InChI is InChI=1S/C12H12ClNO2S/c1-2-3-11(14)12(15)16-17-8-9-4-6-10(13)7-5-9/h1,4-7,11H,3,8,14H2/t11-/m0/s1. The fraction of sp³-hybridized carbons (Fsp3) is 0.250. The summed E-state index contributed by atoms with van der Waals surface area (Å²) in [4.78, 5) is 11.3. The Morgan fingerprint density at radius 3 is 2.76 bits per heavy atom. The molecule has 0 spiro atoms. The van der Waals surface area contributed by atoms with Gasteiger partial charge in [-0.15, -0.1) is 12.3 Å². The number of hydrogen-bond donors (Lipinski definition) is 1. The summed E-state index contributed by atoms with van der Waals surface area (Å²) in [6.07, 6.45) is 5.22. The van der Waals surface area contributed by atoms with Gasteiger partial charge in [0.25, 0.3) is 0 Å². The molecule has 17 heavy (non-hydrogen) atoms. The van der Waals surface area contributed by atoms with Gasteiger partial charge in [0.05, 0.1) is 17.8 Å². The van der Waals surface area contributed by atoms with Crippen LogP contribution in [0.25, 0.3) is 0 Å². The molecule has 0 radical (unpaired) electrons. The van der Waals surface area contributed by atoms with Crippen molar-refractivity contribution in [2.24, 2.45) is 5.73 Å². The number of nitrogens with two attached hydrogens (primary N) is 1. The molecule has 0 fully saturated rings. The summed E-state index contributed by atoms with van der Waals surface area (Å²) in [6, 6.07) is 6.54. The van der Waals surface area contributed by atoms with E-state index >= 15 is 0 Å². The van der Waals surface area contributed by atoms with Gasteiger partial charge < -0.3 is 9.92 Å². The van der Waals surface area contributed by atoms with Crippen molar-refractivity contribution in [3.63, 3.8) is 0 Å². The largest absolute Gasteiger partial charge is 0.390 e. The van der Waals surface area contributed by atoms with Crippen LogP contribution in [0.4, 0.5) is 0 Å². The first-order chi connectivity index (χ1) is 8.13. The minimum Gasteiger partial charge on any atom is -0.390 e. The molecule has 3 nitrogen and oxygen atoms in total. The number of rotatable bonds is 5. The van der Waals surface area contributed by atoms with Gasteiger partial charge in [-0.05, 0) is 17.7 Å². The lowest BCUT2D eigenvalue weighted by atomic mass is 10.2. The molecule has 90 valence electrons. The maximum absolute atomic E-state index is 11.3. The summed E-state index contributed by atoms with van der Waals surface area (Å²) >= 11 is 6.78. The predicted molar refractivity (Wildman–Crippen MR) is 70.3 cm³/mol. The molecule has 0 aliphatic rings. The lowest BCUT2D eigenvalue weighted by Crippen LogP contribution is -2.30. The summed E-state index contributed by atoms with van der Waals surface area (Å²) in [5, 5.41) is 0.673. The highest BCUT2D eigenvalue weighted by atomic mass is 35.5. The third kappa shape index (κ3) is 5.14. The predicted octanol–water partition coefficient (Wildman–Crippen LogP) is 2.38. The van der Waals surface area contributed by atoms with Crippen molar-refractivity contribution in [2.75, 3.05) is 0 Å². The molecule has 0 aliphatic heterocycles. The van der Waals surface area contributed by atoms with Crippen molar-refractivity contribution in [1.82, 2.24) is 0 Å². The summed E-state index contributed by atoms with van der Waals surface area (Å²) < 4.78 is 4.91. The van der Waals surface area contributed by atoms with E-state index in [9.17, 15) is 4.79 Å². The van der Waals surface area contributed by atoms with E-state index in [0.717, 1.165) is 17.6 Å². The van der Waals surface area contributed by atoms with Crippen LogP contribution in [0.15, 0.2) is 24.3 Å². The van der Waals surface area contributed by atoms with Gasteiger partial charge in [0, 0.05) is 11.4 Å². The topological polar surface area (TPSA) is 52.3 Å². The van der Waals surface area contributed by atoms with Crippen LogP contribution in [0.1, 0.15) is 12.0 Å². The molecule has 1 rings (SSSR count). The molecular formula is C12H12ClNO2S. The highest BCUT2D eigenvalue weighted by Gasteiger charge is 2.14.